The molecule has 1 amide bonds. The number of carbonyl (C=O) groups is 1. The van der Waals surface area contributed by atoms with Crippen LogP contribution in [0.15, 0.2) is 29.3 Å². The Morgan fingerprint density at radius 3 is 2.62 bits per heavy atom. The van der Waals surface area contributed by atoms with Crippen molar-refractivity contribution in [3.8, 4) is 0 Å². The lowest BCUT2D eigenvalue weighted by molar-refractivity contribution is -0.137. The van der Waals surface area contributed by atoms with E-state index in [9.17, 15) is 22.8 Å². The molecular formula is C22H23F3N4O2S. The lowest BCUT2D eigenvalue weighted by Gasteiger charge is -2.23. The Kier molecular flexibility index (Phi) is 5.98. The second-order valence-electron chi connectivity index (χ2n) is 7.93. The fourth-order valence-corrected chi connectivity index (χ4v) is 4.90. The molecule has 0 bridgehead atoms. The molecule has 10 heteroatoms. The highest BCUT2D eigenvalue weighted by Crippen LogP contribution is 2.36. The SMILES string of the molecule is Cc1sc2ncn(CCC(=O)Nc3cc(C(F)(F)F)ccc3N3CCCC3)c(=O)c2c1C. The molecule has 1 saturated heterocycles. The Balaban J connectivity index is 1.54. The molecular weight excluding hydrogens is 441 g/mol. The number of hydrogen-bond donors (Lipinski definition) is 1. The molecule has 1 aliphatic rings. The molecule has 2 aromatic heterocycles. The zero-order valence-corrected chi connectivity index (χ0v) is 18.6. The second-order valence-corrected chi connectivity index (χ2v) is 9.13. The van der Waals surface area contributed by atoms with Gasteiger partial charge in [-0.1, -0.05) is 0 Å². The van der Waals surface area contributed by atoms with Crippen molar-refractivity contribution in [2.24, 2.45) is 0 Å². The summed E-state index contributed by atoms with van der Waals surface area (Å²) in [5.41, 5.74) is 0.553. The first-order valence-electron chi connectivity index (χ1n) is 10.4. The largest absolute Gasteiger partial charge is 0.416 e. The van der Waals surface area contributed by atoms with E-state index in [1.807, 2.05) is 18.7 Å². The number of thiophene rings is 1. The van der Waals surface area contributed by atoms with E-state index < -0.39 is 17.6 Å². The maximum Gasteiger partial charge on any atom is 0.416 e. The number of fused-ring (bicyclic) bond motifs is 1. The molecule has 0 unspecified atom stereocenters. The summed E-state index contributed by atoms with van der Waals surface area (Å²) in [5.74, 6) is -0.463. The van der Waals surface area contributed by atoms with E-state index in [1.54, 1.807) is 0 Å². The fourth-order valence-electron chi connectivity index (χ4n) is 3.91. The van der Waals surface area contributed by atoms with Crippen molar-refractivity contribution in [1.82, 2.24) is 9.55 Å². The maximum absolute atomic E-state index is 13.2. The van der Waals surface area contributed by atoms with Gasteiger partial charge in [-0.25, -0.2) is 4.98 Å². The van der Waals surface area contributed by atoms with Gasteiger partial charge in [0.2, 0.25) is 5.91 Å². The van der Waals surface area contributed by atoms with Gasteiger partial charge in [0.15, 0.2) is 0 Å². The molecule has 0 atom stereocenters. The average molecular weight is 465 g/mol. The van der Waals surface area contributed by atoms with E-state index in [0.29, 0.717) is 15.9 Å². The monoisotopic (exact) mass is 464 g/mol. The summed E-state index contributed by atoms with van der Waals surface area (Å²) in [6.45, 7) is 5.33. The smallest absolute Gasteiger partial charge is 0.370 e. The van der Waals surface area contributed by atoms with E-state index >= 15 is 0 Å². The van der Waals surface area contributed by atoms with Crippen molar-refractivity contribution in [1.29, 1.82) is 0 Å². The number of amides is 1. The minimum Gasteiger partial charge on any atom is -0.370 e. The van der Waals surface area contributed by atoms with Gasteiger partial charge in [-0.2, -0.15) is 13.2 Å². The zero-order chi connectivity index (χ0) is 23.0. The van der Waals surface area contributed by atoms with Crippen molar-refractivity contribution in [3.63, 3.8) is 0 Å². The molecule has 32 heavy (non-hydrogen) atoms. The van der Waals surface area contributed by atoms with Crippen LogP contribution in [0.4, 0.5) is 24.5 Å². The van der Waals surface area contributed by atoms with Crippen LogP contribution in [0.2, 0.25) is 0 Å². The Bertz CT molecular complexity index is 1230. The number of benzene rings is 1. The molecule has 1 aromatic carbocycles. The molecule has 3 heterocycles. The van der Waals surface area contributed by atoms with Gasteiger partial charge < -0.3 is 10.2 Å². The van der Waals surface area contributed by atoms with Crippen LogP contribution in [0.25, 0.3) is 10.2 Å². The van der Waals surface area contributed by atoms with E-state index in [1.165, 1.54) is 28.3 Å². The van der Waals surface area contributed by atoms with Crippen LogP contribution in [0.1, 0.15) is 35.3 Å². The van der Waals surface area contributed by atoms with Crippen LogP contribution in [-0.2, 0) is 17.5 Å². The Morgan fingerprint density at radius 2 is 1.94 bits per heavy atom. The molecule has 0 aliphatic carbocycles. The predicted molar refractivity (Wildman–Crippen MR) is 119 cm³/mol. The Hall–Kier alpha value is -2.88. The topological polar surface area (TPSA) is 67.2 Å². The van der Waals surface area contributed by atoms with Crippen LogP contribution >= 0.6 is 11.3 Å². The van der Waals surface area contributed by atoms with Crippen molar-refractivity contribution < 1.29 is 18.0 Å². The predicted octanol–water partition coefficient (Wildman–Crippen LogP) is 4.72. The quantitative estimate of drug-likeness (QED) is 0.593. The normalized spacial score (nSPS) is 14.3. The van der Waals surface area contributed by atoms with Crippen molar-refractivity contribution in [2.45, 2.75) is 45.8 Å². The first kappa shape index (κ1) is 22.3. The zero-order valence-electron chi connectivity index (χ0n) is 17.8. The molecule has 0 spiro atoms. The summed E-state index contributed by atoms with van der Waals surface area (Å²) in [4.78, 5) is 33.3. The molecule has 170 valence electrons. The van der Waals surface area contributed by atoms with Crippen LogP contribution in [-0.4, -0.2) is 28.5 Å². The number of carbonyl (C=O) groups excluding carboxylic acids is 1. The molecule has 3 aromatic rings. The lowest BCUT2D eigenvalue weighted by atomic mass is 10.1. The third-order valence-corrected chi connectivity index (χ3v) is 6.90. The molecule has 1 aliphatic heterocycles. The average Bonchev–Trinajstić information content (AvgIpc) is 3.36. The van der Waals surface area contributed by atoms with Gasteiger partial charge >= 0.3 is 6.18 Å². The van der Waals surface area contributed by atoms with Gasteiger partial charge in [0.25, 0.3) is 5.56 Å². The van der Waals surface area contributed by atoms with E-state index in [0.717, 1.165) is 48.5 Å². The van der Waals surface area contributed by atoms with E-state index in [4.69, 9.17) is 0 Å². The van der Waals surface area contributed by atoms with E-state index in [2.05, 4.69) is 10.3 Å². The molecule has 6 nitrogen and oxygen atoms in total. The number of nitrogens with zero attached hydrogens (tertiary/aromatic N) is 3. The number of halogens is 3. The fraction of sp³-hybridized carbons (Fsp3) is 0.409. The Morgan fingerprint density at radius 1 is 1.22 bits per heavy atom. The number of rotatable bonds is 5. The summed E-state index contributed by atoms with van der Waals surface area (Å²) in [5, 5.41) is 3.17. The van der Waals surface area contributed by atoms with Crippen molar-refractivity contribution in [2.75, 3.05) is 23.3 Å². The van der Waals surface area contributed by atoms with Crippen LogP contribution in [0.3, 0.4) is 0 Å². The van der Waals surface area contributed by atoms with Gasteiger partial charge in [0.05, 0.1) is 28.7 Å². The summed E-state index contributed by atoms with van der Waals surface area (Å²) < 4.78 is 41.0. The third-order valence-electron chi connectivity index (χ3n) is 5.78. The maximum atomic E-state index is 13.2. The van der Waals surface area contributed by atoms with Gasteiger partial charge in [0.1, 0.15) is 4.83 Å². The molecule has 0 radical (unpaired) electrons. The Labute approximate surface area is 186 Å². The highest BCUT2D eigenvalue weighted by Gasteiger charge is 2.32. The lowest BCUT2D eigenvalue weighted by Crippen LogP contribution is -2.25. The number of anilines is 2. The number of aromatic nitrogens is 2. The first-order valence-corrected chi connectivity index (χ1v) is 11.2. The minimum atomic E-state index is -4.51. The molecule has 4 rings (SSSR count). The highest BCUT2D eigenvalue weighted by atomic mass is 32.1. The van der Waals surface area contributed by atoms with Gasteiger partial charge in [-0.15, -0.1) is 11.3 Å². The molecule has 1 fully saturated rings. The summed E-state index contributed by atoms with van der Waals surface area (Å²) in [7, 11) is 0. The molecule has 1 N–H and O–H groups in total. The third kappa shape index (κ3) is 4.36. The summed E-state index contributed by atoms with van der Waals surface area (Å²) >= 11 is 1.44. The highest BCUT2D eigenvalue weighted by molar-refractivity contribution is 7.18. The van der Waals surface area contributed by atoms with E-state index in [-0.39, 0.29) is 24.2 Å². The first-order chi connectivity index (χ1) is 15.1. The summed E-state index contributed by atoms with van der Waals surface area (Å²) in [6.07, 6.45) is -1.26. The van der Waals surface area contributed by atoms with Crippen LogP contribution in [0, 0.1) is 13.8 Å². The number of aryl methyl sites for hydroxylation is 3. The van der Waals surface area contributed by atoms with Gasteiger partial charge in [0, 0.05) is 30.9 Å². The summed E-state index contributed by atoms with van der Waals surface area (Å²) in [6, 6.07) is 3.42. The van der Waals surface area contributed by atoms with Crippen LogP contribution in [0.5, 0.6) is 0 Å². The van der Waals surface area contributed by atoms with Crippen molar-refractivity contribution >= 4 is 38.8 Å². The number of hydrogen-bond acceptors (Lipinski definition) is 5. The number of alkyl halides is 3. The van der Waals surface area contributed by atoms with Gasteiger partial charge in [-0.05, 0) is 50.5 Å². The second kappa shape index (κ2) is 8.57. The molecule has 0 saturated carbocycles. The standard InChI is InChI=1S/C22H23F3N4O2S/c1-13-14(2)32-20-19(13)21(31)29(12-26-20)10-7-18(30)27-16-11-15(22(23,24)25)5-6-17(16)28-8-3-4-9-28/h5-6,11-12H,3-4,7-10H2,1-2H3,(H,27,30). The minimum absolute atomic E-state index is 0.0645. The van der Waals surface area contributed by atoms with Gasteiger partial charge in [-0.3, -0.25) is 14.2 Å². The van der Waals surface area contributed by atoms with Crippen molar-refractivity contribution in [3.05, 3.63) is 50.9 Å². The van der Waals surface area contributed by atoms with Crippen LogP contribution < -0.4 is 15.8 Å². The number of nitrogens with one attached hydrogen (secondary N) is 1.